The lowest BCUT2D eigenvalue weighted by molar-refractivity contribution is 0.101. The number of aromatic nitrogens is 3. The number of hydrogen-bond donors (Lipinski definition) is 0. The molecule has 0 saturated carbocycles. The Morgan fingerprint density at radius 3 is 2.62 bits per heavy atom. The molecule has 2 heterocycles. The third-order valence-corrected chi connectivity index (χ3v) is 7.55. The van der Waals surface area contributed by atoms with Crippen LogP contribution < -0.4 is 0 Å². The Morgan fingerprint density at radius 2 is 2.00 bits per heavy atom. The molecule has 0 unspecified atom stereocenters. The van der Waals surface area contributed by atoms with Crippen LogP contribution in [0.2, 0.25) is 0 Å². The molecule has 156 valence electrons. The molecule has 0 aliphatic carbocycles. The van der Waals surface area contributed by atoms with Gasteiger partial charge >= 0.3 is 0 Å². The molecule has 9 heteroatoms. The number of sulfonamides is 1. The summed E-state index contributed by atoms with van der Waals surface area (Å²) in [4.78, 5) is 17.4. The minimum absolute atomic E-state index is 0.0347. The number of ketones is 1. The van der Waals surface area contributed by atoms with E-state index in [1.165, 1.54) is 30.2 Å². The molecule has 29 heavy (non-hydrogen) atoms. The fourth-order valence-corrected chi connectivity index (χ4v) is 4.89. The lowest BCUT2D eigenvalue weighted by Crippen LogP contribution is -2.22. The molecule has 0 saturated heterocycles. The van der Waals surface area contributed by atoms with Crippen LogP contribution in [0, 0.1) is 0 Å². The van der Waals surface area contributed by atoms with E-state index >= 15 is 0 Å². The summed E-state index contributed by atoms with van der Waals surface area (Å²) in [7, 11) is 1.34. The largest absolute Gasteiger partial charge is 0.348 e. The van der Waals surface area contributed by atoms with Crippen molar-refractivity contribution in [1.82, 2.24) is 18.4 Å². The Kier molecular flexibility index (Phi) is 6.50. The molecule has 7 nitrogen and oxygen atoms in total. The summed E-state index contributed by atoms with van der Waals surface area (Å²) in [6, 6.07) is 8.68. The average molecular weight is 435 g/mol. The number of benzene rings is 1. The number of thioether (sulfide) groups is 1. The summed E-state index contributed by atoms with van der Waals surface area (Å²) < 4.78 is 30.0. The van der Waals surface area contributed by atoms with E-state index in [0.29, 0.717) is 11.2 Å². The van der Waals surface area contributed by atoms with Crippen LogP contribution in [-0.4, -0.2) is 52.5 Å². The second-order valence-electron chi connectivity index (χ2n) is 7.05. The maximum Gasteiger partial charge on any atom is 0.242 e. The van der Waals surface area contributed by atoms with Crippen molar-refractivity contribution in [2.45, 2.75) is 36.4 Å². The number of aryl methyl sites for hydroxylation is 2. The maximum atomic E-state index is 12.5. The molecular weight excluding hydrogens is 408 g/mol. The zero-order valence-electron chi connectivity index (χ0n) is 17.1. The Bertz CT molecular complexity index is 1130. The van der Waals surface area contributed by atoms with E-state index in [1.54, 1.807) is 28.8 Å². The third kappa shape index (κ3) is 4.41. The second-order valence-corrected chi connectivity index (χ2v) is 10.1. The van der Waals surface area contributed by atoms with Crippen LogP contribution in [0.1, 0.15) is 30.3 Å². The molecule has 0 spiro atoms. The van der Waals surface area contributed by atoms with Gasteiger partial charge in [0.1, 0.15) is 0 Å². The number of carbonyl (C=O) groups excluding carboxylic acids is 1. The molecule has 0 aliphatic heterocycles. The smallest absolute Gasteiger partial charge is 0.242 e. The number of unbranched alkanes of at least 4 members (excludes halogenated alkanes) is 1. The Labute approximate surface area is 175 Å². The van der Waals surface area contributed by atoms with E-state index in [1.807, 2.05) is 19.3 Å². The van der Waals surface area contributed by atoms with Crippen LogP contribution in [0.5, 0.6) is 0 Å². The molecule has 1 aromatic carbocycles. The molecule has 2 aromatic heterocycles. The zero-order valence-corrected chi connectivity index (χ0v) is 18.8. The highest BCUT2D eigenvalue weighted by molar-refractivity contribution is 7.99. The molecule has 0 fully saturated rings. The summed E-state index contributed by atoms with van der Waals surface area (Å²) in [6.07, 6.45) is 3.85. The van der Waals surface area contributed by atoms with Crippen molar-refractivity contribution in [3.63, 3.8) is 0 Å². The Hall–Kier alpha value is -2.10. The van der Waals surface area contributed by atoms with Gasteiger partial charge in [0.15, 0.2) is 10.9 Å². The van der Waals surface area contributed by atoms with Gasteiger partial charge in [-0.05, 0) is 36.8 Å². The molecule has 0 radical (unpaired) electrons. The standard InChI is InChI=1S/C20H26N4O3S2/c1-5-6-12-24-17-10-9-15(29(26,27)22(2)3)13-16(17)21-20(24)28-14-19(25)18-8-7-11-23(18)4/h7-11,13H,5-6,12,14H2,1-4H3. The first-order chi connectivity index (χ1) is 13.8. The topological polar surface area (TPSA) is 77.2 Å². The van der Waals surface area contributed by atoms with Gasteiger partial charge in [-0.3, -0.25) is 4.79 Å². The normalized spacial score (nSPS) is 12.2. The molecule has 0 aliphatic rings. The number of nitrogens with zero attached hydrogens (tertiary/aromatic N) is 4. The van der Waals surface area contributed by atoms with Crippen LogP contribution in [0.25, 0.3) is 11.0 Å². The maximum absolute atomic E-state index is 12.5. The molecule has 0 bridgehead atoms. The highest BCUT2D eigenvalue weighted by Crippen LogP contribution is 2.28. The summed E-state index contributed by atoms with van der Waals surface area (Å²) >= 11 is 1.39. The number of fused-ring (bicyclic) bond motifs is 1. The van der Waals surface area contributed by atoms with Gasteiger partial charge in [0.2, 0.25) is 10.0 Å². The number of carbonyl (C=O) groups is 1. The Balaban J connectivity index is 1.94. The van der Waals surface area contributed by atoms with Crippen LogP contribution in [-0.2, 0) is 23.6 Å². The van der Waals surface area contributed by atoms with Gasteiger partial charge < -0.3 is 9.13 Å². The van der Waals surface area contributed by atoms with Crippen molar-refractivity contribution in [2.24, 2.45) is 7.05 Å². The van der Waals surface area contributed by atoms with Crippen molar-refractivity contribution in [3.05, 3.63) is 42.2 Å². The number of Topliss-reactive ketones (excluding diaryl/α,β-unsaturated/α-hetero) is 1. The lowest BCUT2D eigenvalue weighted by Gasteiger charge is -2.11. The van der Waals surface area contributed by atoms with Crippen LogP contribution in [0.3, 0.4) is 0 Å². The van der Waals surface area contributed by atoms with E-state index in [0.717, 1.165) is 30.1 Å². The van der Waals surface area contributed by atoms with E-state index < -0.39 is 10.0 Å². The minimum Gasteiger partial charge on any atom is -0.348 e. The fourth-order valence-electron chi connectivity index (χ4n) is 3.06. The number of hydrogen-bond acceptors (Lipinski definition) is 5. The van der Waals surface area contributed by atoms with Crippen molar-refractivity contribution in [1.29, 1.82) is 0 Å². The Morgan fingerprint density at radius 1 is 1.24 bits per heavy atom. The average Bonchev–Trinajstić information content (AvgIpc) is 3.26. The number of rotatable bonds is 9. The first-order valence-corrected chi connectivity index (χ1v) is 11.9. The van der Waals surface area contributed by atoms with Crippen molar-refractivity contribution in [2.75, 3.05) is 19.8 Å². The second kappa shape index (κ2) is 8.73. The summed E-state index contributed by atoms with van der Waals surface area (Å²) in [5, 5.41) is 0.732. The van der Waals surface area contributed by atoms with Gasteiger partial charge in [-0.2, -0.15) is 0 Å². The highest BCUT2D eigenvalue weighted by Gasteiger charge is 2.20. The molecule has 0 N–H and O–H groups in total. The van der Waals surface area contributed by atoms with Crippen molar-refractivity contribution in [3.8, 4) is 0 Å². The SMILES string of the molecule is CCCCn1c(SCC(=O)c2cccn2C)nc2cc(S(=O)(=O)N(C)C)ccc21. The minimum atomic E-state index is -3.53. The van der Waals surface area contributed by atoms with Gasteiger partial charge in [-0.15, -0.1) is 0 Å². The zero-order chi connectivity index (χ0) is 21.2. The molecule has 3 aromatic rings. The van der Waals surface area contributed by atoms with Gasteiger partial charge in [0.25, 0.3) is 0 Å². The van der Waals surface area contributed by atoms with Gasteiger partial charge in [0.05, 0.1) is 27.4 Å². The van der Waals surface area contributed by atoms with Crippen molar-refractivity contribution >= 4 is 38.6 Å². The number of imidazole rings is 1. The highest BCUT2D eigenvalue weighted by atomic mass is 32.2. The summed E-state index contributed by atoms with van der Waals surface area (Å²) in [6.45, 7) is 2.89. The monoisotopic (exact) mass is 434 g/mol. The first-order valence-electron chi connectivity index (χ1n) is 9.46. The van der Waals surface area contributed by atoms with Gasteiger partial charge in [-0.25, -0.2) is 17.7 Å². The van der Waals surface area contributed by atoms with Crippen LogP contribution in [0.4, 0.5) is 0 Å². The van der Waals surface area contributed by atoms with E-state index in [2.05, 4.69) is 16.5 Å². The van der Waals surface area contributed by atoms with Crippen molar-refractivity contribution < 1.29 is 13.2 Å². The van der Waals surface area contributed by atoms with E-state index in [4.69, 9.17) is 0 Å². The predicted octanol–water partition coefficient (Wildman–Crippen LogP) is 3.40. The van der Waals surface area contributed by atoms with E-state index in [9.17, 15) is 13.2 Å². The summed E-state index contributed by atoms with van der Waals surface area (Å²) in [5.74, 6) is 0.309. The van der Waals surface area contributed by atoms with E-state index in [-0.39, 0.29) is 16.4 Å². The summed E-state index contributed by atoms with van der Waals surface area (Å²) in [5.41, 5.74) is 2.16. The molecule has 3 rings (SSSR count). The first kappa shape index (κ1) is 21.6. The lowest BCUT2D eigenvalue weighted by atomic mass is 10.3. The van der Waals surface area contributed by atoms with Crippen LogP contribution in [0.15, 0.2) is 46.6 Å². The van der Waals surface area contributed by atoms with Crippen LogP contribution >= 0.6 is 11.8 Å². The molecule has 0 atom stereocenters. The van der Waals surface area contributed by atoms with Gasteiger partial charge in [0, 0.05) is 33.9 Å². The molecule has 0 amide bonds. The predicted molar refractivity (Wildman–Crippen MR) is 116 cm³/mol. The fraction of sp³-hybridized carbons (Fsp3) is 0.400. The third-order valence-electron chi connectivity index (χ3n) is 4.76. The quantitative estimate of drug-likeness (QED) is 0.381. The molecular formula is C20H26N4O3S2. The van der Waals surface area contributed by atoms with Gasteiger partial charge in [-0.1, -0.05) is 25.1 Å².